The molecule has 0 radical (unpaired) electrons. The number of fused-ring (bicyclic) bond motifs is 1. The summed E-state index contributed by atoms with van der Waals surface area (Å²) in [6.07, 6.45) is -0.461. The Hall–Kier alpha value is -4.99. The molecule has 5 amide bonds. The van der Waals surface area contributed by atoms with E-state index in [1.54, 1.807) is 41.5 Å². The summed E-state index contributed by atoms with van der Waals surface area (Å²) in [5.41, 5.74) is -1.13. The van der Waals surface area contributed by atoms with E-state index in [-0.39, 0.29) is 34.9 Å². The van der Waals surface area contributed by atoms with Crippen LogP contribution in [0.25, 0.3) is 0 Å². The molecule has 2 heterocycles. The van der Waals surface area contributed by atoms with E-state index in [4.69, 9.17) is 9.47 Å². The number of benzene rings is 2. The van der Waals surface area contributed by atoms with Crippen LogP contribution in [0.15, 0.2) is 53.4 Å². The number of hydrogen-bond donors (Lipinski definition) is 2. The molecule has 0 aromatic heterocycles. The van der Waals surface area contributed by atoms with Crippen LogP contribution < -0.4 is 10.6 Å². The van der Waals surface area contributed by atoms with Crippen LogP contribution >= 0.6 is 0 Å². The second-order valence-electron chi connectivity index (χ2n) is 15.3. The van der Waals surface area contributed by atoms with Crippen molar-refractivity contribution in [2.24, 2.45) is 5.92 Å². The predicted octanol–water partition coefficient (Wildman–Crippen LogP) is 4.04. The van der Waals surface area contributed by atoms with Crippen LogP contribution in [-0.4, -0.2) is 108 Å². The van der Waals surface area contributed by atoms with E-state index >= 15 is 0 Å². The molecule has 0 unspecified atom stereocenters. The Morgan fingerprint density at radius 2 is 1.52 bits per heavy atom. The van der Waals surface area contributed by atoms with Gasteiger partial charge in [-0.1, -0.05) is 19.9 Å². The maximum Gasteiger partial charge on any atom is 0.429 e. The highest BCUT2D eigenvalue weighted by atomic mass is 32.2. The van der Waals surface area contributed by atoms with Crippen molar-refractivity contribution in [2.45, 2.75) is 96.0 Å². The van der Waals surface area contributed by atoms with Crippen LogP contribution in [-0.2, 0) is 28.9 Å². The summed E-state index contributed by atoms with van der Waals surface area (Å²) in [6, 6.07) is 7.85. The number of carbonyl (C=O) groups excluding carboxylic acids is 6. The average Bonchev–Trinajstić information content (AvgIpc) is 3.55. The van der Waals surface area contributed by atoms with E-state index in [0.717, 1.165) is 16.3 Å². The van der Waals surface area contributed by atoms with Crippen LogP contribution in [0, 0.1) is 5.92 Å². The van der Waals surface area contributed by atoms with E-state index < -0.39 is 81.4 Å². The summed E-state index contributed by atoms with van der Waals surface area (Å²) >= 11 is 0. The summed E-state index contributed by atoms with van der Waals surface area (Å²) in [4.78, 5) is 82.3. The van der Waals surface area contributed by atoms with E-state index in [0.29, 0.717) is 5.69 Å². The standard InChI is InChI=1S/C36H47N5O10S/c1-21(2)17-26(38-30(43)22-13-15-24(16-14-22)37-33(46)50-35(3,4)5)32(45)41-29-27(19-40(41)34(47)51-36(6,7)8)39(20-28(29)42)31(44)23-11-10-12-25(18-23)52(9,48)49/h10-16,18,21,26-27,29H,17,19-20H2,1-9H3,(H,37,46)(H,38,43)/t26-,27+,29-/m0/s1. The molecule has 2 aromatic rings. The number of rotatable bonds is 8. The molecule has 2 aliphatic heterocycles. The van der Waals surface area contributed by atoms with Crippen molar-refractivity contribution in [2.75, 3.05) is 24.7 Å². The zero-order valence-corrected chi connectivity index (χ0v) is 31.7. The number of ketones is 1. The van der Waals surface area contributed by atoms with Gasteiger partial charge >= 0.3 is 12.2 Å². The van der Waals surface area contributed by atoms with Crippen LogP contribution in [0.4, 0.5) is 15.3 Å². The molecule has 2 aromatic carbocycles. The van der Waals surface area contributed by atoms with Crippen molar-refractivity contribution in [1.82, 2.24) is 20.2 Å². The number of hydrogen-bond acceptors (Lipinski definition) is 10. The molecule has 2 saturated heterocycles. The number of amides is 5. The summed E-state index contributed by atoms with van der Waals surface area (Å²) in [6.45, 7) is 13.1. The molecule has 3 atom stereocenters. The lowest BCUT2D eigenvalue weighted by molar-refractivity contribution is -0.152. The van der Waals surface area contributed by atoms with Gasteiger partial charge in [-0.2, -0.15) is 0 Å². The number of Topliss-reactive ketones (excluding diaryl/α,β-unsaturated/α-hetero) is 1. The topological polar surface area (TPSA) is 189 Å². The lowest BCUT2D eigenvalue weighted by Crippen LogP contribution is -2.58. The molecule has 16 heteroatoms. The second kappa shape index (κ2) is 14.9. The van der Waals surface area contributed by atoms with E-state index in [1.165, 1.54) is 53.4 Å². The summed E-state index contributed by atoms with van der Waals surface area (Å²) in [7, 11) is -3.65. The van der Waals surface area contributed by atoms with Crippen molar-refractivity contribution in [3.05, 3.63) is 59.7 Å². The lowest BCUT2D eigenvalue weighted by atomic mass is 10.0. The van der Waals surface area contributed by atoms with Crippen LogP contribution in [0.3, 0.4) is 0 Å². The molecule has 4 rings (SSSR count). The van der Waals surface area contributed by atoms with Crippen molar-refractivity contribution >= 4 is 51.2 Å². The minimum absolute atomic E-state index is 0.0160. The molecule has 15 nitrogen and oxygen atoms in total. The summed E-state index contributed by atoms with van der Waals surface area (Å²) < 4.78 is 35.2. The number of hydrazine groups is 1. The van der Waals surface area contributed by atoms with E-state index in [2.05, 4.69) is 10.6 Å². The van der Waals surface area contributed by atoms with Gasteiger partial charge in [0.25, 0.3) is 17.7 Å². The molecule has 2 fully saturated rings. The van der Waals surface area contributed by atoms with Gasteiger partial charge in [0.2, 0.25) is 0 Å². The maximum absolute atomic E-state index is 14.5. The average molecular weight is 742 g/mol. The molecular weight excluding hydrogens is 694 g/mol. The third-order valence-corrected chi connectivity index (χ3v) is 9.12. The highest BCUT2D eigenvalue weighted by Crippen LogP contribution is 2.33. The number of anilines is 1. The molecule has 0 bridgehead atoms. The Kier molecular flexibility index (Phi) is 11.4. The van der Waals surface area contributed by atoms with Gasteiger partial charge in [-0.05, 0) is 96.3 Å². The fraction of sp³-hybridized carbons (Fsp3) is 0.500. The highest BCUT2D eigenvalue weighted by Gasteiger charge is 2.58. The van der Waals surface area contributed by atoms with Gasteiger partial charge in [0.15, 0.2) is 15.6 Å². The van der Waals surface area contributed by atoms with Crippen LogP contribution in [0.1, 0.15) is 82.5 Å². The largest absolute Gasteiger partial charge is 0.444 e. The number of carbonyl (C=O) groups is 6. The number of ether oxygens (including phenoxy) is 2. The number of nitrogens with one attached hydrogen (secondary N) is 2. The molecule has 0 saturated carbocycles. The molecular formula is C36H47N5O10S. The van der Waals surface area contributed by atoms with Crippen LogP contribution in [0.2, 0.25) is 0 Å². The first-order valence-corrected chi connectivity index (χ1v) is 18.7. The first-order chi connectivity index (χ1) is 23.9. The minimum Gasteiger partial charge on any atom is -0.444 e. The normalized spacial score (nSPS) is 18.2. The first-order valence-electron chi connectivity index (χ1n) is 16.8. The fourth-order valence-electron chi connectivity index (χ4n) is 5.88. The smallest absolute Gasteiger partial charge is 0.429 e. The van der Waals surface area contributed by atoms with Gasteiger partial charge in [0.05, 0.1) is 24.0 Å². The Bertz CT molecular complexity index is 1850. The minimum atomic E-state index is -3.65. The van der Waals surface area contributed by atoms with E-state index in [9.17, 15) is 37.2 Å². The zero-order valence-electron chi connectivity index (χ0n) is 30.9. The summed E-state index contributed by atoms with van der Waals surface area (Å²) in [5, 5.41) is 7.31. The van der Waals surface area contributed by atoms with Gasteiger partial charge in [0.1, 0.15) is 23.3 Å². The van der Waals surface area contributed by atoms with Gasteiger partial charge in [-0.25, -0.2) is 28.0 Å². The van der Waals surface area contributed by atoms with Crippen molar-refractivity contribution in [3.8, 4) is 0 Å². The SMILES string of the molecule is CC(C)C[C@H](NC(=O)c1ccc(NC(=O)OC(C)(C)C)cc1)C(=O)N1[C@@H]2C(=O)CN(C(=O)c3cccc(S(C)(=O)=O)c3)[C@@H]2CN1C(=O)OC(C)(C)C. The number of likely N-dealkylation sites (tertiary alicyclic amines) is 1. The molecule has 2 N–H and O–H groups in total. The van der Waals surface area contributed by atoms with Crippen molar-refractivity contribution < 1.29 is 46.7 Å². The second-order valence-corrected chi connectivity index (χ2v) is 17.3. The quantitative estimate of drug-likeness (QED) is 0.400. The first kappa shape index (κ1) is 39.8. The predicted molar refractivity (Wildman–Crippen MR) is 190 cm³/mol. The van der Waals surface area contributed by atoms with Gasteiger partial charge in [-0.3, -0.25) is 24.5 Å². The van der Waals surface area contributed by atoms with Crippen molar-refractivity contribution in [3.63, 3.8) is 0 Å². The fourth-order valence-corrected chi connectivity index (χ4v) is 6.55. The third-order valence-electron chi connectivity index (χ3n) is 8.01. The van der Waals surface area contributed by atoms with Gasteiger partial charge in [0, 0.05) is 23.1 Å². The van der Waals surface area contributed by atoms with Crippen LogP contribution in [0.5, 0.6) is 0 Å². The Morgan fingerprint density at radius 1 is 0.904 bits per heavy atom. The third kappa shape index (κ3) is 9.66. The van der Waals surface area contributed by atoms with Gasteiger partial charge < -0.3 is 19.7 Å². The lowest BCUT2D eigenvalue weighted by Gasteiger charge is -2.35. The molecule has 0 aliphatic carbocycles. The number of sulfone groups is 1. The molecule has 0 spiro atoms. The molecule has 282 valence electrons. The molecule has 52 heavy (non-hydrogen) atoms. The maximum atomic E-state index is 14.5. The van der Waals surface area contributed by atoms with Crippen molar-refractivity contribution in [1.29, 1.82) is 0 Å². The zero-order chi connectivity index (χ0) is 38.9. The highest BCUT2D eigenvalue weighted by molar-refractivity contribution is 7.90. The Labute approximate surface area is 303 Å². The summed E-state index contributed by atoms with van der Waals surface area (Å²) in [5.74, 6) is -2.68. The Balaban J connectivity index is 1.63. The monoisotopic (exact) mass is 741 g/mol. The van der Waals surface area contributed by atoms with E-state index in [1.807, 2.05) is 13.8 Å². The van der Waals surface area contributed by atoms with Gasteiger partial charge in [-0.15, -0.1) is 0 Å². The Morgan fingerprint density at radius 3 is 2.08 bits per heavy atom. The number of nitrogens with zero attached hydrogens (tertiary/aromatic N) is 3. The molecule has 2 aliphatic rings.